The molecule has 6 nitrogen and oxygen atoms in total. The van der Waals surface area contributed by atoms with E-state index in [1.54, 1.807) is 19.1 Å². The predicted octanol–water partition coefficient (Wildman–Crippen LogP) is 2.59. The standard InChI is InChI=1S/C14H20N2O4/c1-4-10(2)15(9-14(17)18)8-12-6-5-7-13(11(12)3)16(19)20/h5-7,10H,4,8-9H2,1-3H3,(H,17,18). The SMILES string of the molecule is CCC(C)N(CC(=O)O)Cc1cccc([N+](=O)[O-])c1C. The first-order valence-corrected chi connectivity index (χ1v) is 6.55. The highest BCUT2D eigenvalue weighted by Crippen LogP contribution is 2.23. The summed E-state index contributed by atoms with van der Waals surface area (Å²) in [5, 5.41) is 19.9. The quantitative estimate of drug-likeness (QED) is 0.613. The first-order valence-electron chi connectivity index (χ1n) is 6.55. The highest BCUT2D eigenvalue weighted by atomic mass is 16.6. The second-order valence-corrected chi connectivity index (χ2v) is 4.87. The van der Waals surface area contributed by atoms with E-state index in [-0.39, 0.29) is 18.3 Å². The van der Waals surface area contributed by atoms with Crippen LogP contribution in [0, 0.1) is 17.0 Å². The molecule has 0 aliphatic heterocycles. The Labute approximate surface area is 118 Å². The Morgan fingerprint density at radius 1 is 1.50 bits per heavy atom. The zero-order valence-electron chi connectivity index (χ0n) is 12.0. The summed E-state index contributed by atoms with van der Waals surface area (Å²) in [4.78, 5) is 23.3. The van der Waals surface area contributed by atoms with Crippen LogP contribution >= 0.6 is 0 Å². The maximum absolute atomic E-state index is 10.9. The Morgan fingerprint density at radius 3 is 2.65 bits per heavy atom. The molecule has 0 aromatic heterocycles. The van der Waals surface area contributed by atoms with Crippen LogP contribution in [-0.2, 0) is 11.3 Å². The normalized spacial score (nSPS) is 12.4. The molecular formula is C14H20N2O4. The average Bonchev–Trinajstić information content (AvgIpc) is 2.38. The number of benzene rings is 1. The van der Waals surface area contributed by atoms with Crippen LogP contribution in [0.1, 0.15) is 31.4 Å². The molecule has 0 fully saturated rings. The van der Waals surface area contributed by atoms with Crippen molar-refractivity contribution >= 4 is 11.7 Å². The summed E-state index contributed by atoms with van der Waals surface area (Å²) >= 11 is 0. The van der Waals surface area contributed by atoms with Gasteiger partial charge in [-0.2, -0.15) is 0 Å². The van der Waals surface area contributed by atoms with Crippen molar-refractivity contribution in [1.29, 1.82) is 0 Å². The molecule has 0 heterocycles. The Kier molecular flexibility index (Phi) is 5.64. The van der Waals surface area contributed by atoms with Gasteiger partial charge in [0.15, 0.2) is 0 Å². The van der Waals surface area contributed by atoms with Gasteiger partial charge >= 0.3 is 5.97 Å². The minimum atomic E-state index is -0.895. The number of carbonyl (C=O) groups is 1. The number of carboxylic acids is 1. The van der Waals surface area contributed by atoms with E-state index in [2.05, 4.69) is 0 Å². The summed E-state index contributed by atoms with van der Waals surface area (Å²) in [7, 11) is 0. The minimum Gasteiger partial charge on any atom is -0.480 e. The highest BCUT2D eigenvalue weighted by molar-refractivity contribution is 5.69. The summed E-state index contributed by atoms with van der Waals surface area (Å²) < 4.78 is 0. The third kappa shape index (κ3) is 4.03. The van der Waals surface area contributed by atoms with E-state index in [1.165, 1.54) is 6.07 Å². The van der Waals surface area contributed by atoms with Gasteiger partial charge < -0.3 is 5.11 Å². The zero-order chi connectivity index (χ0) is 15.3. The van der Waals surface area contributed by atoms with Gasteiger partial charge in [0.2, 0.25) is 0 Å². The van der Waals surface area contributed by atoms with Crippen LogP contribution in [0.3, 0.4) is 0 Å². The predicted molar refractivity (Wildman–Crippen MR) is 75.6 cm³/mol. The number of nitro groups is 1. The third-order valence-electron chi connectivity index (χ3n) is 3.54. The summed E-state index contributed by atoms with van der Waals surface area (Å²) in [6, 6.07) is 5.00. The second kappa shape index (κ2) is 7.00. The van der Waals surface area contributed by atoms with Crippen molar-refractivity contribution in [3.8, 4) is 0 Å². The summed E-state index contributed by atoms with van der Waals surface area (Å²) in [6.45, 7) is 5.96. The van der Waals surface area contributed by atoms with Gasteiger partial charge in [0, 0.05) is 24.2 Å². The van der Waals surface area contributed by atoms with Gasteiger partial charge in [0.25, 0.3) is 5.69 Å². The van der Waals surface area contributed by atoms with Crippen LogP contribution in [0.4, 0.5) is 5.69 Å². The van der Waals surface area contributed by atoms with Crippen molar-refractivity contribution < 1.29 is 14.8 Å². The highest BCUT2D eigenvalue weighted by Gasteiger charge is 2.19. The van der Waals surface area contributed by atoms with Crippen molar-refractivity contribution in [3.05, 3.63) is 39.4 Å². The van der Waals surface area contributed by atoms with Crippen LogP contribution in [0.25, 0.3) is 0 Å². The molecule has 1 aromatic rings. The monoisotopic (exact) mass is 280 g/mol. The molecule has 0 bridgehead atoms. The molecule has 0 aliphatic carbocycles. The fraction of sp³-hybridized carbons (Fsp3) is 0.500. The maximum Gasteiger partial charge on any atom is 0.317 e. The molecule has 0 radical (unpaired) electrons. The Bertz CT molecular complexity index is 502. The van der Waals surface area contributed by atoms with Gasteiger partial charge in [-0.05, 0) is 25.8 Å². The van der Waals surface area contributed by atoms with Crippen molar-refractivity contribution in [3.63, 3.8) is 0 Å². The lowest BCUT2D eigenvalue weighted by Crippen LogP contribution is -2.36. The summed E-state index contributed by atoms with van der Waals surface area (Å²) in [5.74, 6) is -0.895. The van der Waals surface area contributed by atoms with E-state index in [1.807, 2.05) is 18.7 Å². The Balaban J connectivity index is 3.02. The van der Waals surface area contributed by atoms with E-state index in [0.717, 1.165) is 12.0 Å². The molecule has 20 heavy (non-hydrogen) atoms. The van der Waals surface area contributed by atoms with Gasteiger partial charge in [-0.1, -0.05) is 19.1 Å². The first kappa shape index (κ1) is 16.1. The number of carboxylic acid groups (broad SMARTS) is 1. The van der Waals surface area contributed by atoms with Crippen LogP contribution in [-0.4, -0.2) is 33.5 Å². The lowest BCUT2D eigenvalue weighted by molar-refractivity contribution is -0.385. The molecule has 0 saturated carbocycles. The minimum absolute atomic E-state index is 0.0712. The van der Waals surface area contributed by atoms with Gasteiger partial charge in [-0.3, -0.25) is 19.8 Å². The van der Waals surface area contributed by atoms with Crippen LogP contribution in [0.15, 0.2) is 18.2 Å². The molecule has 0 aliphatic rings. The largest absolute Gasteiger partial charge is 0.480 e. The molecule has 0 spiro atoms. The van der Waals surface area contributed by atoms with E-state index in [9.17, 15) is 14.9 Å². The van der Waals surface area contributed by atoms with Gasteiger partial charge in [-0.25, -0.2) is 0 Å². The van der Waals surface area contributed by atoms with Crippen LogP contribution in [0.2, 0.25) is 0 Å². The van der Waals surface area contributed by atoms with E-state index < -0.39 is 10.9 Å². The Hall–Kier alpha value is -1.95. The topological polar surface area (TPSA) is 83.7 Å². The molecule has 6 heteroatoms. The van der Waals surface area contributed by atoms with Crippen LogP contribution in [0.5, 0.6) is 0 Å². The third-order valence-corrected chi connectivity index (χ3v) is 3.54. The maximum atomic E-state index is 10.9. The summed E-state index contributed by atoms with van der Waals surface area (Å²) in [5.41, 5.74) is 1.46. The van der Waals surface area contributed by atoms with Gasteiger partial charge in [-0.15, -0.1) is 0 Å². The molecular weight excluding hydrogens is 260 g/mol. The molecule has 1 rings (SSSR count). The fourth-order valence-corrected chi connectivity index (χ4v) is 2.06. The zero-order valence-corrected chi connectivity index (χ0v) is 12.0. The lowest BCUT2D eigenvalue weighted by atomic mass is 10.1. The number of hydrogen-bond donors (Lipinski definition) is 1. The van der Waals surface area contributed by atoms with E-state index in [0.29, 0.717) is 12.1 Å². The van der Waals surface area contributed by atoms with Crippen molar-refractivity contribution in [2.24, 2.45) is 0 Å². The summed E-state index contributed by atoms with van der Waals surface area (Å²) in [6.07, 6.45) is 0.821. The molecule has 1 atom stereocenters. The van der Waals surface area contributed by atoms with Gasteiger partial charge in [0.05, 0.1) is 11.5 Å². The molecule has 0 saturated heterocycles. The van der Waals surface area contributed by atoms with E-state index in [4.69, 9.17) is 5.11 Å². The number of aliphatic carboxylic acids is 1. The smallest absolute Gasteiger partial charge is 0.317 e. The average molecular weight is 280 g/mol. The lowest BCUT2D eigenvalue weighted by Gasteiger charge is -2.27. The number of hydrogen-bond acceptors (Lipinski definition) is 4. The Morgan fingerprint density at radius 2 is 2.15 bits per heavy atom. The molecule has 0 amide bonds. The molecule has 1 unspecified atom stereocenters. The number of nitrogens with zero attached hydrogens (tertiary/aromatic N) is 2. The van der Waals surface area contributed by atoms with Crippen LogP contribution < -0.4 is 0 Å². The molecule has 1 aromatic carbocycles. The number of rotatable bonds is 7. The number of nitro benzene ring substituents is 1. The van der Waals surface area contributed by atoms with E-state index >= 15 is 0 Å². The molecule has 110 valence electrons. The van der Waals surface area contributed by atoms with Crippen molar-refractivity contribution in [1.82, 2.24) is 4.90 Å². The van der Waals surface area contributed by atoms with Gasteiger partial charge in [0.1, 0.15) is 0 Å². The fourth-order valence-electron chi connectivity index (χ4n) is 2.06. The second-order valence-electron chi connectivity index (χ2n) is 4.87. The molecule has 1 N–H and O–H groups in total. The van der Waals surface area contributed by atoms with Crippen molar-refractivity contribution in [2.45, 2.75) is 39.8 Å². The van der Waals surface area contributed by atoms with Crippen molar-refractivity contribution in [2.75, 3.05) is 6.54 Å². The first-order chi connectivity index (χ1) is 9.36.